The molecule has 0 saturated carbocycles. The Balaban J connectivity index is 1.94. The molecule has 1 amide bonds. The van der Waals surface area contributed by atoms with E-state index in [-0.39, 0.29) is 0 Å². The molecule has 1 aliphatic heterocycles. The first-order chi connectivity index (χ1) is 11.8. The van der Waals surface area contributed by atoms with Crippen LogP contribution in [0.4, 0.5) is 18.9 Å². The molecular formula is C17H11ClF3NO3. The summed E-state index contributed by atoms with van der Waals surface area (Å²) < 4.78 is 40.5. The van der Waals surface area contributed by atoms with Gasteiger partial charge in [0.2, 0.25) is 0 Å². The summed E-state index contributed by atoms with van der Waals surface area (Å²) in [6.07, 6.45) is -3.46. The highest BCUT2D eigenvalue weighted by atomic mass is 35.5. The molecule has 1 unspecified atom stereocenters. The van der Waals surface area contributed by atoms with E-state index in [9.17, 15) is 23.1 Å². The van der Waals surface area contributed by atoms with Gasteiger partial charge in [0, 0.05) is 10.7 Å². The van der Waals surface area contributed by atoms with E-state index in [0.717, 1.165) is 12.1 Å². The molecule has 0 spiro atoms. The Bertz CT molecular complexity index is 834. The molecular weight excluding hydrogens is 359 g/mol. The standard InChI is InChI=1S/C17H11ClF3NO3/c18-13-4-2-1-3-12(13)14-9-15(23)16(24)22(14)10-5-7-11(8-6-10)25-17(19,20)21/h1-9,14,23H. The fourth-order valence-electron chi connectivity index (χ4n) is 2.58. The number of ether oxygens (including phenoxy) is 1. The van der Waals surface area contributed by atoms with Crippen molar-refractivity contribution < 1.29 is 27.8 Å². The lowest BCUT2D eigenvalue weighted by Gasteiger charge is -2.25. The van der Waals surface area contributed by atoms with Crippen molar-refractivity contribution in [2.45, 2.75) is 12.4 Å². The molecule has 0 fully saturated rings. The SMILES string of the molecule is O=C1C(O)=CC(c2ccccc2Cl)N1c1ccc(OC(F)(F)F)cc1. The number of hydrogen-bond acceptors (Lipinski definition) is 3. The van der Waals surface area contributed by atoms with Gasteiger partial charge in [-0.05, 0) is 42.0 Å². The highest BCUT2D eigenvalue weighted by molar-refractivity contribution is 6.31. The third-order valence-corrected chi connectivity index (χ3v) is 3.95. The molecule has 1 N–H and O–H groups in total. The molecule has 1 heterocycles. The van der Waals surface area contributed by atoms with Gasteiger partial charge in [-0.15, -0.1) is 13.2 Å². The van der Waals surface area contributed by atoms with Crippen LogP contribution >= 0.6 is 11.6 Å². The molecule has 8 heteroatoms. The number of alkyl halides is 3. The van der Waals surface area contributed by atoms with E-state index in [4.69, 9.17) is 11.6 Å². The molecule has 0 bridgehead atoms. The van der Waals surface area contributed by atoms with Crippen molar-refractivity contribution >= 4 is 23.2 Å². The van der Waals surface area contributed by atoms with Crippen LogP contribution < -0.4 is 9.64 Å². The quantitative estimate of drug-likeness (QED) is 0.848. The molecule has 2 aromatic rings. The third-order valence-electron chi connectivity index (χ3n) is 3.60. The van der Waals surface area contributed by atoms with Gasteiger partial charge in [-0.1, -0.05) is 29.8 Å². The zero-order chi connectivity index (χ0) is 18.2. The highest BCUT2D eigenvalue weighted by Crippen LogP contribution is 2.38. The molecule has 0 saturated heterocycles. The predicted molar refractivity (Wildman–Crippen MR) is 85.5 cm³/mol. The summed E-state index contributed by atoms with van der Waals surface area (Å²) in [7, 11) is 0. The van der Waals surface area contributed by atoms with Crippen molar-refractivity contribution in [2.75, 3.05) is 4.90 Å². The number of carbonyl (C=O) groups excluding carboxylic acids is 1. The van der Waals surface area contributed by atoms with Crippen LogP contribution in [-0.4, -0.2) is 17.4 Å². The van der Waals surface area contributed by atoms with Crippen LogP contribution in [-0.2, 0) is 4.79 Å². The van der Waals surface area contributed by atoms with Gasteiger partial charge in [0.05, 0.1) is 6.04 Å². The number of nitrogens with zero attached hydrogens (tertiary/aromatic N) is 1. The Labute approximate surface area is 145 Å². The summed E-state index contributed by atoms with van der Waals surface area (Å²) in [6.45, 7) is 0. The fraction of sp³-hybridized carbons (Fsp3) is 0.118. The van der Waals surface area contributed by atoms with E-state index in [1.807, 2.05) is 0 Å². The lowest BCUT2D eigenvalue weighted by Crippen LogP contribution is -2.29. The second-order valence-electron chi connectivity index (χ2n) is 5.24. The Morgan fingerprint density at radius 2 is 1.72 bits per heavy atom. The van der Waals surface area contributed by atoms with Gasteiger partial charge in [0.25, 0.3) is 5.91 Å². The van der Waals surface area contributed by atoms with E-state index in [0.29, 0.717) is 16.3 Å². The fourth-order valence-corrected chi connectivity index (χ4v) is 2.82. The van der Waals surface area contributed by atoms with Gasteiger partial charge in [-0.25, -0.2) is 0 Å². The number of hydrogen-bond donors (Lipinski definition) is 1. The average Bonchev–Trinajstić information content (AvgIpc) is 2.83. The van der Waals surface area contributed by atoms with Crippen LogP contribution in [0, 0.1) is 0 Å². The van der Waals surface area contributed by atoms with Crippen LogP contribution in [0.3, 0.4) is 0 Å². The Hall–Kier alpha value is -2.67. The largest absolute Gasteiger partial charge is 0.573 e. The number of anilines is 1. The normalized spacial score (nSPS) is 17.6. The van der Waals surface area contributed by atoms with Gasteiger partial charge >= 0.3 is 6.36 Å². The van der Waals surface area contributed by atoms with Crippen molar-refractivity contribution in [2.24, 2.45) is 0 Å². The van der Waals surface area contributed by atoms with Crippen LogP contribution in [0.15, 0.2) is 60.4 Å². The smallest absolute Gasteiger partial charge is 0.503 e. The van der Waals surface area contributed by atoms with E-state index in [1.54, 1.807) is 24.3 Å². The molecule has 130 valence electrons. The van der Waals surface area contributed by atoms with E-state index in [2.05, 4.69) is 4.74 Å². The Kier molecular flexibility index (Phi) is 4.34. The van der Waals surface area contributed by atoms with Gasteiger partial charge in [0.15, 0.2) is 5.76 Å². The van der Waals surface area contributed by atoms with Gasteiger partial charge < -0.3 is 9.84 Å². The number of carbonyl (C=O) groups is 1. The molecule has 2 aromatic carbocycles. The summed E-state index contributed by atoms with van der Waals surface area (Å²) in [5.41, 5.74) is 0.877. The molecule has 0 aliphatic carbocycles. The second-order valence-corrected chi connectivity index (χ2v) is 5.64. The molecule has 1 aliphatic rings. The summed E-state index contributed by atoms with van der Waals surface area (Å²) in [5.74, 6) is -1.54. The zero-order valence-electron chi connectivity index (χ0n) is 12.5. The summed E-state index contributed by atoms with van der Waals surface area (Å²) in [4.78, 5) is 13.5. The highest BCUT2D eigenvalue weighted by Gasteiger charge is 2.36. The van der Waals surface area contributed by atoms with E-state index < -0.39 is 29.8 Å². The van der Waals surface area contributed by atoms with Gasteiger partial charge in [0.1, 0.15) is 5.75 Å². The molecule has 0 aromatic heterocycles. The van der Waals surface area contributed by atoms with Crippen molar-refractivity contribution in [1.29, 1.82) is 0 Å². The number of aliphatic hydroxyl groups is 1. The van der Waals surface area contributed by atoms with Crippen LogP contribution in [0.25, 0.3) is 0 Å². The van der Waals surface area contributed by atoms with Gasteiger partial charge in [-0.2, -0.15) is 0 Å². The van der Waals surface area contributed by atoms with Crippen LogP contribution in [0.2, 0.25) is 5.02 Å². The van der Waals surface area contributed by atoms with Crippen molar-refractivity contribution in [3.63, 3.8) is 0 Å². The first-order valence-corrected chi connectivity index (χ1v) is 7.48. The Morgan fingerprint density at radius 3 is 2.32 bits per heavy atom. The minimum absolute atomic E-state index is 0.296. The number of aliphatic hydroxyl groups excluding tert-OH is 1. The summed E-state index contributed by atoms with van der Waals surface area (Å²) in [5, 5.41) is 10.2. The predicted octanol–water partition coefficient (Wildman–Crippen LogP) is 4.77. The summed E-state index contributed by atoms with van der Waals surface area (Å²) in [6, 6.07) is 10.9. The van der Waals surface area contributed by atoms with Crippen LogP contribution in [0.1, 0.15) is 11.6 Å². The third kappa shape index (κ3) is 3.56. The summed E-state index contributed by atoms with van der Waals surface area (Å²) >= 11 is 6.16. The second kappa shape index (κ2) is 6.33. The molecule has 3 rings (SSSR count). The number of benzene rings is 2. The van der Waals surface area contributed by atoms with Crippen molar-refractivity contribution in [3.8, 4) is 5.75 Å². The minimum atomic E-state index is -4.80. The minimum Gasteiger partial charge on any atom is -0.503 e. The maximum Gasteiger partial charge on any atom is 0.573 e. The first kappa shape index (κ1) is 17.2. The molecule has 25 heavy (non-hydrogen) atoms. The van der Waals surface area contributed by atoms with Crippen molar-refractivity contribution in [1.82, 2.24) is 0 Å². The topological polar surface area (TPSA) is 49.8 Å². The lowest BCUT2D eigenvalue weighted by atomic mass is 10.1. The maximum atomic E-state index is 12.3. The zero-order valence-corrected chi connectivity index (χ0v) is 13.3. The number of rotatable bonds is 3. The Morgan fingerprint density at radius 1 is 1.08 bits per heavy atom. The van der Waals surface area contributed by atoms with Crippen molar-refractivity contribution in [3.05, 3.63) is 71.0 Å². The molecule has 0 radical (unpaired) electrons. The van der Waals surface area contributed by atoms with E-state index >= 15 is 0 Å². The first-order valence-electron chi connectivity index (χ1n) is 7.11. The monoisotopic (exact) mass is 369 g/mol. The molecule has 4 nitrogen and oxygen atoms in total. The average molecular weight is 370 g/mol. The molecule has 1 atom stereocenters. The maximum absolute atomic E-state index is 12.3. The number of amides is 1. The lowest BCUT2D eigenvalue weighted by molar-refractivity contribution is -0.274. The van der Waals surface area contributed by atoms with Crippen LogP contribution in [0.5, 0.6) is 5.75 Å². The van der Waals surface area contributed by atoms with E-state index in [1.165, 1.54) is 23.1 Å². The van der Waals surface area contributed by atoms with Gasteiger partial charge in [-0.3, -0.25) is 9.69 Å². The number of halogens is 4.